The molecule has 1 N–H and O–H groups in total. The number of nitrogens with one attached hydrogen (secondary N) is 1. The van der Waals surface area contributed by atoms with Gasteiger partial charge >= 0.3 is 0 Å². The fourth-order valence-corrected chi connectivity index (χ4v) is 5.04. The van der Waals surface area contributed by atoms with Crippen LogP contribution in [-0.2, 0) is 21.3 Å². The van der Waals surface area contributed by atoms with Crippen LogP contribution < -0.4 is 4.72 Å². The third kappa shape index (κ3) is 3.47. The van der Waals surface area contributed by atoms with E-state index in [2.05, 4.69) is 9.62 Å². The summed E-state index contributed by atoms with van der Waals surface area (Å²) in [5, 5.41) is -0.138. The standard InChI is InChI=1S/C16H24N2O4S/c19-23(20,15-1-2-15)17-7-13-3-5-16(22-10-13)11-18(12-16)8-14-4-6-21-9-14/h4,6,9,13,15,17H,1-3,5,7-8,10-12H2/t13-/m1/s1. The monoisotopic (exact) mass is 340 g/mol. The van der Waals surface area contributed by atoms with Gasteiger partial charge in [-0.3, -0.25) is 4.90 Å². The molecule has 3 fully saturated rings. The van der Waals surface area contributed by atoms with E-state index in [0.717, 1.165) is 45.3 Å². The molecule has 23 heavy (non-hydrogen) atoms. The maximum Gasteiger partial charge on any atom is 0.214 e. The highest BCUT2D eigenvalue weighted by molar-refractivity contribution is 7.90. The van der Waals surface area contributed by atoms with Gasteiger partial charge in [0.2, 0.25) is 10.0 Å². The molecular formula is C16H24N2O4S. The molecule has 3 heterocycles. The normalized spacial score (nSPS) is 27.9. The average molecular weight is 340 g/mol. The molecule has 1 aromatic rings. The summed E-state index contributed by atoms with van der Waals surface area (Å²) in [5.41, 5.74) is 1.19. The van der Waals surface area contributed by atoms with Crippen molar-refractivity contribution in [2.24, 2.45) is 5.92 Å². The predicted octanol–water partition coefficient (Wildman–Crippen LogP) is 1.34. The average Bonchev–Trinajstić information content (AvgIpc) is 3.25. The minimum Gasteiger partial charge on any atom is -0.472 e. The van der Waals surface area contributed by atoms with Crippen molar-refractivity contribution in [1.29, 1.82) is 0 Å². The summed E-state index contributed by atoms with van der Waals surface area (Å²) in [5.74, 6) is 0.303. The van der Waals surface area contributed by atoms with E-state index in [-0.39, 0.29) is 10.9 Å². The van der Waals surface area contributed by atoms with E-state index in [0.29, 0.717) is 19.1 Å². The zero-order valence-corrected chi connectivity index (χ0v) is 14.1. The Morgan fingerprint density at radius 3 is 2.74 bits per heavy atom. The van der Waals surface area contributed by atoms with E-state index >= 15 is 0 Å². The largest absolute Gasteiger partial charge is 0.472 e. The van der Waals surface area contributed by atoms with Gasteiger partial charge in [0.25, 0.3) is 0 Å². The van der Waals surface area contributed by atoms with Gasteiger partial charge in [-0.05, 0) is 37.7 Å². The van der Waals surface area contributed by atoms with Crippen molar-refractivity contribution >= 4 is 10.0 Å². The second-order valence-corrected chi connectivity index (χ2v) is 9.31. The predicted molar refractivity (Wildman–Crippen MR) is 85.3 cm³/mol. The van der Waals surface area contributed by atoms with Crippen LogP contribution in [0.3, 0.4) is 0 Å². The van der Waals surface area contributed by atoms with Gasteiger partial charge in [0, 0.05) is 31.7 Å². The maximum absolute atomic E-state index is 11.9. The second-order valence-electron chi connectivity index (χ2n) is 7.27. The number of rotatable bonds is 6. The van der Waals surface area contributed by atoms with Crippen molar-refractivity contribution in [3.8, 4) is 0 Å². The van der Waals surface area contributed by atoms with E-state index in [9.17, 15) is 8.42 Å². The SMILES string of the molecule is O=S(=O)(NC[C@H]1CCC2(CN(Cc3ccoc3)C2)OC1)C1CC1. The molecule has 4 rings (SSSR count). The van der Waals surface area contributed by atoms with E-state index in [1.165, 1.54) is 5.56 Å². The first-order valence-corrected chi connectivity index (χ1v) is 9.95. The molecule has 0 unspecified atom stereocenters. The number of hydrogen-bond donors (Lipinski definition) is 1. The second kappa shape index (κ2) is 5.88. The number of furan rings is 1. The minimum atomic E-state index is -3.07. The molecule has 2 aliphatic heterocycles. The Bertz CT molecular complexity index is 623. The van der Waals surface area contributed by atoms with Crippen molar-refractivity contribution < 1.29 is 17.6 Å². The van der Waals surface area contributed by atoms with Crippen LogP contribution in [0.25, 0.3) is 0 Å². The Labute approximate surface area is 137 Å². The Morgan fingerprint density at radius 2 is 2.13 bits per heavy atom. The first-order valence-electron chi connectivity index (χ1n) is 8.41. The van der Waals surface area contributed by atoms with Gasteiger partial charge in [0.1, 0.15) is 0 Å². The molecule has 3 aliphatic rings. The van der Waals surface area contributed by atoms with Gasteiger partial charge in [-0.2, -0.15) is 0 Å². The first-order chi connectivity index (χ1) is 11.0. The third-order valence-electron chi connectivity index (χ3n) is 5.18. The van der Waals surface area contributed by atoms with Gasteiger partial charge < -0.3 is 9.15 Å². The molecule has 7 heteroatoms. The summed E-state index contributed by atoms with van der Waals surface area (Å²) in [4.78, 5) is 2.36. The fourth-order valence-electron chi connectivity index (χ4n) is 3.58. The van der Waals surface area contributed by atoms with Gasteiger partial charge in [0.15, 0.2) is 0 Å². The summed E-state index contributed by atoms with van der Waals surface area (Å²) >= 11 is 0. The van der Waals surface area contributed by atoms with Crippen LogP contribution in [0.15, 0.2) is 23.0 Å². The van der Waals surface area contributed by atoms with Crippen LogP contribution in [0.2, 0.25) is 0 Å². The van der Waals surface area contributed by atoms with Crippen molar-refractivity contribution in [3.05, 3.63) is 24.2 Å². The van der Waals surface area contributed by atoms with Crippen molar-refractivity contribution in [2.75, 3.05) is 26.2 Å². The van der Waals surface area contributed by atoms with E-state index in [1.54, 1.807) is 12.5 Å². The number of sulfonamides is 1. The number of hydrogen-bond acceptors (Lipinski definition) is 5. The first kappa shape index (κ1) is 15.6. The van der Waals surface area contributed by atoms with Crippen LogP contribution >= 0.6 is 0 Å². The van der Waals surface area contributed by atoms with Crippen molar-refractivity contribution in [2.45, 2.75) is 43.1 Å². The Kier molecular flexibility index (Phi) is 3.99. The molecule has 1 aromatic heterocycles. The van der Waals surface area contributed by atoms with Gasteiger partial charge in [-0.1, -0.05) is 0 Å². The molecule has 2 saturated heterocycles. The molecule has 0 radical (unpaired) electrons. The molecule has 0 bridgehead atoms. The molecule has 1 saturated carbocycles. The lowest BCUT2D eigenvalue weighted by molar-refractivity contribution is -0.181. The smallest absolute Gasteiger partial charge is 0.214 e. The van der Waals surface area contributed by atoms with Crippen LogP contribution in [0.1, 0.15) is 31.2 Å². The van der Waals surface area contributed by atoms with Crippen LogP contribution in [0, 0.1) is 5.92 Å². The highest BCUT2D eigenvalue weighted by Gasteiger charge is 2.46. The molecule has 0 amide bonds. The van der Waals surface area contributed by atoms with Crippen LogP contribution in [0.5, 0.6) is 0 Å². The maximum atomic E-state index is 11.9. The number of ether oxygens (including phenoxy) is 1. The lowest BCUT2D eigenvalue weighted by Crippen LogP contribution is -2.64. The lowest BCUT2D eigenvalue weighted by atomic mass is 9.83. The molecule has 128 valence electrons. The van der Waals surface area contributed by atoms with E-state index in [4.69, 9.17) is 9.15 Å². The summed E-state index contributed by atoms with van der Waals surface area (Å²) in [6.45, 7) is 4.00. The highest BCUT2D eigenvalue weighted by atomic mass is 32.2. The number of nitrogens with zero attached hydrogens (tertiary/aromatic N) is 1. The molecule has 1 spiro atoms. The van der Waals surface area contributed by atoms with Gasteiger partial charge in [-0.15, -0.1) is 0 Å². The fraction of sp³-hybridized carbons (Fsp3) is 0.750. The van der Waals surface area contributed by atoms with E-state index < -0.39 is 10.0 Å². The summed E-state index contributed by atoms with van der Waals surface area (Å²) < 4.78 is 37.7. The Balaban J connectivity index is 1.20. The zero-order chi connectivity index (χ0) is 15.9. The van der Waals surface area contributed by atoms with Gasteiger partial charge in [0.05, 0.1) is 30.0 Å². The number of likely N-dealkylation sites (tertiary alicyclic amines) is 1. The Hall–Kier alpha value is -0.890. The molecule has 0 aromatic carbocycles. The molecule has 1 aliphatic carbocycles. The van der Waals surface area contributed by atoms with Gasteiger partial charge in [-0.25, -0.2) is 13.1 Å². The molecular weight excluding hydrogens is 316 g/mol. The van der Waals surface area contributed by atoms with Crippen molar-refractivity contribution in [3.63, 3.8) is 0 Å². The van der Waals surface area contributed by atoms with Crippen LogP contribution in [0.4, 0.5) is 0 Å². The lowest BCUT2D eigenvalue weighted by Gasteiger charge is -2.52. The minimum absolute atomic E-state index is 0.00436. The topological polar surface area (TPSA) is 71.8 Å². The summed E-state index contributed by atoms with van der Waals surface area (Å²) in [6.07, 6.45) is 7.17. The zero-order valence-electron chi connectivity index (χ0n) is 13.2. The Morgan fingerprint density at radius 1 is 1.30 bits per heavy atom. The summed E-state index contributed by atoms with van der Waals surface area (Å²) in [6, 6.07) is 1.99. The summed E-state index contributed by atoms with van der Waals surface area (Å²) in [7, 11) is -3.07. The molecule has 6 nitrogen and oxygen atoms in total. The molecule has 1 atom stereocenters. The van der Waals surface area contributed by atoms with E-state index in [1.807, 2.05) is 6.07 Å². The third-order valence-corrected chi connectivity index (χ3v) is 7.10. The quantitative estimate of drug-likeness (QED) is 0.846. The highest BCUT2D eigenvalue weighted by Crippen LogP contribution is 2.36. The van der Waals surface area contributed by atoms with Crippen molar-refractivity contribution in [1.82, 2.24) is 9.62 Å². The van der Waals surface area contributed by atoms with Crippen LogP contribution in [-0.4, -0.2) is 50.4 Å².